The van der Waals surface area contributed by atoms with Gasteiger partial charge in [-0.3, -0.25) is 14.8 Å². The maximum absolute atomic E-state index is 12.3. The lowest BCUT2D eigenvalue weighted by Gasteiger charge is -2.24. The fraction of sp³-hybridized carbons (Fsp3) is 0.278. The summed E-state index contributed by atoms with van der Waals surface area (Å²) in [5, 5.41) is 0.827. The van der Waals surface area contributed by atoms with Gasteiger partial charge in [-0.2, -0.15) is 0 Å². The highest BCUT2D eigenvalue weighted by atomic mass is 16.5. The summed E-state index contributed by atoms with van der Waals surface area (Å²) in [4.78, 5) is 32.8. The van der Waals surface area contributed by atoms with Gasteiger partial charge in [0.2, 0.25) is 0 Å². The molecule has 2 aromatic heterocycles. The van der Waals surface area contributed by atoms with Crippen molar-refractivity contribution in [1.29, 1.82) is 0 Å². The van der Waals surface area contributed by atoms with Gasteiger partial charge in [-0.15, -0.1) is 0 Å². The van der Waals surface area contributed by atoms with Crippen LogP contribution in [-0.4, -0.2) is 22.1 Å². The third kappa shape index (κ3) is 2.60. The fourth-order valence-corrected chi connectivity index (χ4v) is 2.82. The summed E-state index contributed by atoms with van der Waals surface area (Å²) in [6, 6.07) is 5.66. The summed E-state index contributed by atoms with van der Waals surface area (Å²) in [6.07, 6.45) is 3.09. The molecule has 0 saturated carbocycles. The molecule has 0 fully saturated rings. The fourth-order valence-electron chi connectivity index (χ4n) is 2.82. The number of aromatic nitrogens is 3. The highest BCUT2D eigenvalue weighted by molar-refractivity contribution is 5.98. The number of benzene rings is 1. The summed E-state index contributed by atoms with van der Waals surface area (Å²) in [5.41, 5.74) is 1.46. The summed E-state index contributed by atoms with van der Waals surface area (Å²) in [6.45, 7) is 6.23. The van der Waals surface area contributed by atoms with E-state index in [2.05, 4.69) is 35.7 Å². The van der Waals surface area contributed by atoms with Gasteiger partial charge >= 0.3 is 5.69 Å². The Morgan fingerprint density at radius 3 is 2.54 bits per heavy atom. The van der Waals surface area contributed by atoms with Gasteiger partial charge in [0.05, 0.1) is 18.2 Å². The van der Waals surface area contributed by atoms with Crippen LogP contribution in [-0.2, 0) is 5.41 Å². The van der Waals surface area contributed by atoms with E-state index in [1.54, 1.807) is 13.3 Å². The standard InChI is InChI=1S/C18H19N3O3/c1-18(2,3)13-8-11(12-9-20-17(23)21-16(12)22)14-10(15(13)24-4)6-5-7-19-14/h5-9H,1-4H3,(H2,20,21,22,23). The van der Waals surface area contributed by atoms with Crippen molar-refractivity contribution >= 4 is 10.9 Å². The molecule has 0 saturated heterocycles. The molecule has 0 aliphatic heterocycles. The Morgan fingerprint density at radius 1 is 1.17 bits per heavy atom. The molecule has 0 aliphatic rings. The van der Waals surface area contributed by atoms with Crippen LogP contribution in [0.5, 0.6) is 5.75 Å². The minimum absolute atomic E-state index is 0.195. The van der Waals surface area contributed by atoms with Gasteiger partial charge in [0.1, 0.15) is 5.75 Å². The smallest absolute Gasteiger partial charge is 0.325 e. The van der Waals surface area contributed by atoms with E-state index in [0.717, 1.165) is 16.7 Å². The molecular formula is C18H19N3O3. The molecule has 0 amide bonds. The molecule has 0 atom stereocenters. The number of H-pyrrole nitrogens is 2. The van der Waals surface area contributed by atoms with Gasteiger partial charge in [0, 0.05) is 28.9 Å². The van der Waals surface area contributed by atoms with E-state index in [0.29, 0.717) is 16.6 Å². The second-order valence-corrected chi connectivity index (χ2v) is 6.64. The van der Waals surface area contributed by atoms with E-state index in [1.807, 2.05) is 18.2 Å². The molecule has 0 spiro atoms. The van der Waals surface area contributed by atoms with E-state index in [4.69, 9.17) is 4.74 Å². The monoisotopic (exact) mass is 325 g/mol. The van der Waals surface area contributed by atoms with Crippen molar-refractivity contribution < 1.29 is 4.74 Å². The molecule has 0 aliphatic carbocycles. The molecule has 124 valence electrons. The first kappa shape index (κ1) is 16.0. The van der Waals surface area contributed by atoms with Crippen molar-refractivity contribution in [1.82, 2.24) is 15.0 Å². The molecule has 6 heteroatoms. The number of nitrogens with one attached hydrogen (secondary N) is 2. The molecule has 2 heterocycles. The molecule has 0 bridgehead atoms. The summed E-state index contributed by atoms with van der Waals surface area (Å²) >= 11 is 0. The molecule has 6 nitrogen and oxygen atoms in total. The van der Waals surface area contributed by atoms with Crippen molar-refractivity contribution in [3.63, 3.8) is 0 Å². The second kappa shape index (κ2) is 5.63. The first-order valence-electron chi connectivity index (χ1n) is 7.61. The molecule has 0 unspecified atom stereocenters. The highest BCUT2D eigenvalue weighted by Crippen LogP contribution is 2.40. The number of nitrogens with zero attached hydrogens (tertiary/aromatic N) is 1. The van der Waals surface area contributed by atoms with Crippen LogP contribution >= 0.6 is 0 Å². The van der Waals surface area contributed by atoms with Gasteiger partial charge in [-0.05, 0) is 23.6 Å². The molecule has 24 heavy (non-hydrogen) atoms. The molecule has 1 aromatic carbocycles. The minimum Gasteiger partial charge on any atom is -0.496 e. The average molecular weight is 325 g/mol. The van der Waals surface area contributed by atoms with E-state index >= 15 is 0 Å². The third-order valence-electron chi connectivity index (χ3n) is 3.96. The van der Waals surface area contributed by atoms with Gasteiger partial charge in [0.15, 0.2) is 0 Å². The van der Waals surface area contributed by atoms with Crippen molar-refractivity contribution in [2.45, 2.75) is 26.2 Å². The van der Waals surface area contributed by atoms with Gasteiger partial charge in [-0.1, -0.05) is 20.8 Å². The Morgan fingerprint density at radius 2 is 1.92 bits per heavy atom. The second-order valence-electron chi connectivity index (χ2n) is 6.64. The van der Waals surface area contributed by atoms with Crippen molar-refractivity contribution in [3.05, 3.63) is 57.0 Å². The number of ether oxygens (including phenoxy) is 1. The maximum atomic E-state index is 12.3. The molecular weight excluding hydrogens is 306 g/mol. The van der Waals surface area contributed by atoms with Crippen LogP contribution in [0.2, 0.25) is 0 Å². The van der Waals surface area contributed by atoms with E-state index in [9.17, 15) is 9.59 Å². The van der Waals surface area contributed by atoms with Crippen molar-refractivity contribution in [2.24, 2.45) is 0 Å². The van der Waals surface area contributed by atoms with Gasteiger partial charge in [-0.25, -0.2) is 4.79 Å². The minimum atomic E-state index is -0.537. The number of pyridine rings is 1. The van der Waals surface area contributed by atoms with Gasteiger partial charge < -0.3 is 9.72 Å². The summed E-state index contributed by atoms with van der Waals surface area (Å²) in [7, 11) is 1.63. The van der Waals surface area contributed by atoms with Crippen molar-refractivity contribution in [2.75, 3.05) is 7.11 Å². The largest absolute Gasteiger partial charge is 0.496 e. The average Bonchev–Trinajstić information content (AvgIpc) is 2.53. The number of aromatic amines is 2. The van der Waals surface area contributed by atoms with Crippen LogP contribution in [0, 0.1) is 0 Å². The lowest BCUT2D eigenvalue weighted by atomic mass is 9.83. The van der Waals surface area contributed by atoms with Gasteiger partial charge in [0.25, 0.3) is 5.56 Å². The van der Waals surface area contributed by atoms with Crippen LogP contribution in [0.15, 0.2) is 40.2 Å². The number of methoxy groups -OCH3 is 1. The molecule has 3 aromatic rings. The Bertz CT molecular complexity index is 1030. The quantitative estimate of drug-likeness (QED) is 0.758. The number of fused-ring (bicyclic) bond motifs is 1. The molecule has 0 radical (unpaired) electrons. The Balaban J connectivity index is 2.48. The third-order valence-corrected chi connectivity index (χ3v) is 3.96. The highest BCUT2D eigenvalue weighted by Gasteiger charge is 2.24. The van der Waals surface area contributed by atoms with Crippen LogP contribution in [0.3, 0.4) is 0 Å². The molecule has 2 N–H and O–H groups in total. The Hall–Kier alpha value is -2.89. The topological polar surface area (TPSA) is 87.8 Å². The predicted octanol–water partition coefficient (Wildman–Crippen LogP) is 2.58. The zero-order chi connectivity index (χ0) is 17.5. The van der Waals surface area contributed by atoms with Crippen LogP contribution in [0.4, 0.5) is 0 Å². The zero-order valence-electron chi connectivity index (χ0n) is 14.1. The Kier molecular flexibility index (Phi) is 3.75. The Labute approximate surface area is 138 Å². The lowest BCUT2D eigenvalue weighted by molar-refractivity contribution is 0.402. The molecule has 3 rings (SSSR count). The van der Waals surface area contributed by atoms with Crippen LogP contribution in [0.1, 0.15) is 26.3 Å². The normalized spacial score (nSPS) is 11.7. The number of hydrogen-bond donors (Lipinski definition) is 2. The number of hydrogen-bond acceptors (Lipinski definition) is 4. The summed E-state index contributed by atoms with van der Waals surface area (Å²) < 4.78 is 5.64. The van der Waals surface area contributed by atoms with E-state index < -0.39 is 11.2 Å². The summed E-state index contributed by atoms with van der Waals surface area (Å²) in [5.74, 6) is 0.746. The maximum Gasteiger partial charge on any atom is 0.325 e. The lowest BCUT2D eigenvalue weighted by Crippen LogP contribution is -2.23. The predicted molar refractivity (Wildman–Crippen MR) is 93.7 cm³/mol. The SMILES string of the molecule is COc1c(C(C)(C)C)cc(-c2c[nH]c(=O)[nH]c2=O)c2ncccc12. The van der Waals surface area contributed by atoms with E-state index in [1.165, 1.54) is 6.20 Å². The first-order chi connectivity index (χ1) is 11.3. The number of rotatable bonds is 2. The first-order valence-corrected chi connectivity index (χ1v) is 7.61. The van der Waals surface area contributed by atoms with Crippen molar-refractivity contribution in [3.8, 4) is 16.9 Å². The zero-order valence-corrected chi connectivity index (χ0v) is 14.1. The van der Waals surface area contributed by atoms with E-state index in [-0.39, 0.29) is 5.41 Å². The van der Waals surface area contributed by atoms with Crippen LogP contribution in [0.25, 0.3) is 22.0 Å². The van der Waals surface area contributed by atoms with Crippen LogP contribution < -0.4 is 16.0 Å².